The number of nitriles is 1. The van der Waals surface area contributed by atoms with Gasteiger partial charge in [0.15, 0.2) is 5.69 Å². The third kappa shape index (κ3) is 2.02. The summed E-state index contributed by atoms with van der Waals surface area (Å²) < 4.78 is 30.2. The monoisotopic (exact) mass is 213 g/mol. The molecule has 1 aromatic heterocycles. The fourth-order valence-corrected chi connectivity index (χ4v) is 1.23. The van der Waals surface area contributed by atoms with Gasteiger partial charge in [-0.1, -0.05) is 0 Å². The third-order valence-electron chi connectivity index (χ3n) is 1.89. The van der Waals surface area contributed by atoms with E-state index in [0.717, 1.165) is 0 Å². The SMILES string of the molecule is COc1c(CN)cnc(C#N)c1C(F)F. The summed E-state index contributed by atoms with van der Waals surface area (Å²) in [5, 5.41) is 8.62. The molecule has 80 valence electrons. The fraction of sp³-hybridized carbons (Fsp3) is 0.333. The van der Waals surface area contributed by atoms with Crippen LogP contribution < -0.4 is 10.5 Å². The standard InChI is InChI=1S/C9H9F2N3O/c1-15-8-5(2-12)4-14-6(3-13)7(8)9(10)11/h4,9H,2,12H2,1H3. The molecule has 0 unspecified atom stereocenters. The van der Waals surface area contributed by atoms with E-state index in [4.69, 9.17) is 15.7 Å². The van der Waals surface area contributed by atoms with E-state index in [9.17, 15) is 8.78 Å². The number of ether oxygens (including phenoxy) is 1. The number of alkyl halides is 2. The summed E-state index contributed by atoms with van der Waals surface area (Å²) in [4.78, 5) is 3.60. The third-order valence-corrected chi connectivity index (χ3v) is 1.89. The highest BCUT2D eigenvalue weighted by atomic mass is 19.3. The number of pyridine rings is 1. The number of nitrogens with zero attached hydrogens (tertiary/aromatic N) is 2. The normalized spacial score (nSPS) is 10.1. The van der Waals surface area contributed by atoms with Gasteiger partial charge < -0.3 is 10.5 Å². The van der Waals surface area contributed by atoms with Crippen LogP contribution in [-0.2, 0) is 6.54 Å². The number of aromatic nitrogens is 1. The molecule has 0 spiro atoms. The van der Waals surface area contributed by atoms with Crippen LogP contribution in [0.5, 0.6) is 5.75 Å². The lowest BCUT2D eigenvalue weighted by Gasteiger charge is -2.12. The molecule has 0 aliphatic carbocycles. The lowest BCUT2D eigenvalue weighted by atomic mass is 10.1. The first kappa shape index (κ1) is 11.3. The zero-order valence-electron chi connectivity index (χ0n) is 8.00. The molecule has 0 amide bonds. The summed E-state index contributed by atoms with van der Waals surface area (Å²) in [6.45, 7) is 0.0294. The Morgan fingerprint density at radius 1 is 1.67 bits per heavy atom. The van der Waals surface area contributed by atoms with E-state index >= 15 is 0 Å². The van der Waals surface area contributed by atoms with Crippen molar-refractivity contribution in [1.82, 2.24) is 4.98 Å². The lowest BCUT2D eigenvalue weighted by molar-refractivity contribution is 0.146. The lowest BCUT2D eigenvalue weighted by Crippen LogP contribution is -2.06. The predicted octanol–water partition coefficient (Wildman–Crippen LogP) is 1.36. The van der Waals surface area contributed by atoms with Gasteiger partial charge in [-0.3, -0.25) is 0 Å². The van der Waals surface area contributed by atoms with Crippen LogP contribution in [-0.4, -0.2) is 12.1 Å². The first-order chi connectivity index (χ1) is 7.15. The average molecular weight is 213 g/mol. The van der Waals surface area contributed by atoms with Crippen LogP contribution in [0.1, 0.15) is 23.2 Å². The molecule has 4 nitrogen and oxygen atoms in total. The topological polar surface area (TPSA) is 71.9 Å². The number of nitrogens with two attached hydrogens (primary N) is 1. The Morgan fingerprint density at radius 2 is 2.33 bits per heavy atom. The number of rotatable bonds is 3. The molecular weight excluding hydrogens is 204 g/mol. The van der Waals surface area contributed by atoms with Crippen molar-refractivity contribution < 1.29 is 13.5 Å². The van der Waals surface area contributed by atoms with Gasteiger partial charge in [0, 0.05) is 18.3 Å². The Morgan fingerprint density at radius 3 is 2.73 bits per heavy atom. The van der Waals surface area contributed by atoms with Gasteiger partial charge in [-0.25, -0.2) is 13.8 Å². The number of halogens is 2. The van der Waals surface area contributed by atoms with Gasteiger partial charge in [-0.15, -0.1) is 0 Å². The molecular formula is C9H9F2N3O. The van der Waals surface area contributed by atoms with Crippen LogP contribution in [0.4, 0.5) is 8.78 Å². The number of methoxy groups -OCH3 is 1. The highest BCUT2D eigenvalue weighted by molar-refractivity contribution is 5.47. The van der Waals surface area contributed by atoms with Crippen molar-refractivity contribution >= 4 is 0 Å². The second kappa shape index (κ2) is 4.66. The molecule has 0 radical (unpaired) electrons. The van der Waals surface area contributed by atoms with Gasteiger partial charge in [-0.05, 0) is 0 Å². The number of hydrogen-bond donors (Lipinski definition) is 1. The molecule has 0 fully saturated rings. The van der Waals surface area contributed by atoms with Gasteiger partial charge in [0.25, 0.3) is 6.43 Å². The zero-order chi connectivity index (χ0) is 11.4. The Hall–Kier alpha value is -1.74. The summed E-state index contributed by atoms with van der Waals surface area (Å²) in [7, 11) is 1.25. The van der Waals surface area contributed by atoms with E-state index in [1.807, 2.05) is 0 Å². The summed E-state index contributed by atoms with van der Waals surface area (Å²) in [5.74, 6) is -0.0564. The van der Waals surface area contributed by atoms with Crippen LogP contribution in [0.25, 0.3) is 0 Å². The van der Waals surface area contributed by atoms with Gasteiger partial charge in [0.1, 0.15) is 11.8 Å². The molecule has 0 aliphatic rings. The molecule has 0 aliphatic heterocycles. The molecule has 2 N–H and O–H groups in total. The smallest absolute Gasteiger partial charge is 0.270 e. The second-order valence-electron chi connectivity index (χ2n) is 2.70. The highest BCUT2D eigenvalue weighted by Crippen LogP contribution is 2.33. The van der Waals surface area contributed by atoms with Crippen molar-refractivity contribution in [3.8, 4) is 11.8 Å². The van der Waals surface area contributed by atoms with Crippen molar-refractivity contribution in [2.75, 3.05) is 7.11 Å². The average Bonchev–Trinajstić information content (AvgIpc) is 2.26. The first-order valence-corrected chi connectivity index (χ1v) is 4.09. The predicted molar refractivity (Wildman–Crippen MR) is 48.4 cm³/mol. The van der Waals surface area contributed by atoms with E-state index in [-0.39, 0.29) is 18.0 Å². The Kier molecular flexibility index (Phi) is 3.52. The van der Waals surface area contributed by atoms with Gasteiger partial charge >= 0.3 is 0 Å². The van der Waals surface area contributed by atoms with Crippen LogP contribution in [0, 0.1) is 11.3 Å². The summed E-state index contributed by atoms with van der Waals surface area (Å²) in [6, 6.07) is 1.59. The molecule has 0 saturated carbocycles. The number of hydrogen-bond acceptors (Lipinski definition) is 4. The molecule has 1 aromatic rings. The quantitative estimate of drug-likeness (QED) is 0.822. The molecule has 1 rings (SSSR count). The summed E-state index contributed by atoms with van der Waals surface area (Å²) in [5.41, 5.74) is 4.86. The van der Waals surface area contributed by atoms with Crippen LogP contribution >= 0.6 is 0 Å². The molecule has 0 saturated heterocycles. The second-order valence-corrected chi connectivity index (χ2v) is 2.70. The summed E-state index contributed by atoms with van der Waals surface area (Å²) >= 11 is 0. The van der Waals surface area contributed by atoms with Crippen molar-refractivity contribution in [1.29, 1.82) is 5.26 Å². The fourth-order valence-electron chi connectivity index (χ4n) is 1.23. The van der Waals surface area contributed by atoms with Crippen molar-refractivity contribution in [3.63, 3.8) is 0 Å². The zero-order valence-corrected chi connectivity index (χ0v) is 8.00. The van der Waals surface area contributed by atoms with Gasteiger partial charge in [0.2, 0.25) is 0 Å². The van der Waals surface area contributed by atoms with E-state index in [1.54, 1.807) is 6.07 Å². The largest absolute Gasteiger partial charge is 0.496 e. The van der Waals surface area contributed by atoms with Gasteiger partial charge in [0.05, 0.1) is 12.7 Å². The Balaban J connectivity index is 3.46. The Bertz CT molecular complexity index is 401. The van der Waals surface area contributed by atoms with E-state index in [0.29, 0.717) is 5.56 Å². The minimum atomic E-state index is -2.81. The van der Waals surface area contributed by atoms with Crippen LogP contribution in [0.3, 0.4) is 0 Å². The van der Waals surface area contributed by atoms with Crippen molar-refractivity contribution in [3.05, 3.63) is 23.0 Å². The Labute approximate surface area is 85.3 Å². The van der Waals surface area contributed by atoms with Crippen LogP contribution in [0.15, 0.2) is 6.20 Å². The first-order valence-electron chi connectivity index (χ1n) is 4.09. The van der Waals surface area contributed by atoms with Crippen molar-refractivity contribution in [2.45, 2.75) is 13.0 Å². The molecule has 6 heteroatoms. The maximum absolute atomic E-state index is 12.7. The minimum absolute atomic E-state index is 0.0294. The molecule has 0 bridgehead atoms. The minimum Gasteiger partial charge on any atom is -0.496 e. The highest BCUT2D eigenvalue weighted by Gasteiger charge is 2.22. The maximum atomic E-state index is 12.7. The van der Waals surface area contributed by atoms with E-state index < -0.39 is 12.0 Å². The molecule has 1 heterocycles. The van der Waals surface area contributed by atoms with Crippen LogP contribution in [0.2, 0.25) is 0 Å². The molecule has 0 aromatic carbocycles. The van der Waals surface area contributed by atoms with E-state index in [2.05, 4.69) is 4.98 Å². The molecule has 15 heavy (non-hydrogen) atoms. The molecule has 0 atom stereocenters. The van der Waals surface area contributed by atoms with Crippen molar-refractivity contribution in [2.24, 2.45) is 5.73 Å². The summed E-state index contributed by atoms with van der Waals surface area (Å²) in [6.07, 6.45) is -1.54. The maximum Gasteiger partial charge on any atom is 0.270 e. The van der Waals surface area contributed by atoms with E-state index in [1.165, 1.54) is 13.3 Å². The van der Waals surface area contributed by atoms with Gasteiger partial charge in [-0.2, -0.15) is 5.26 Å².